The van der Waals surface area contributed by atoms with E-state index in [9.17, 15) is 22.4 Å². The number of nitrogens with zero attached hydrogens (tertiary/aromatic N) is 4. The largest absolute Gasteiger partial charge is 0.497 e. The third-order valence-electron chi connectivity index (χ3n) is 8.10. The zero-order valence-corrected chi connectivity index (χ0v) is 23.8. The third-order valence-corrected chi connectivity index (χ3v) is 8.10. The molecular formula is C30H36F4N6O2. The van der Waals surface area contributed by atoms with Gasteiger partial charge in [-0.3, -0.25) is 9.36 Å². The molecule has 42 heavy (non-hydrogen) atoms. The lowest BCUT2D eigenvalue weighted by Crippen LogP contribution is -2.53. The van der Waals surface area contributed by atoms with Crippen LogP contribution >= 0.6 is 0 Å². The highest BCUT2D eigenvalue weighted by atomic mass is 19.4. The number of aryl methyl sites for hydroxylation is 2. The van der Waals surface area contributed by atoms with E-state index in [1.165, 1.54) is 24.1 Å². The molecule has 2 fully saturated rings. The van der Waals surface area contributed by atoms with Crippen molar-refractivity contribution in [2.24, 2.45) is 10.9 Å². The number of hydrogen-bond acceptors (Lipinski definition) is 5. The number of benzene rings is 2. The van der Waals surface area contributed by atoms with Crippen LogP contribution in [0, 0.1) is 11.7 Å². The fraction of sp³-hybridized carbons (Fsp3) is 0.500. The van der Waals surface area contributed by atoms with Crippen LogP contribution in [0.15, 0.2) is 52.5 Å². The molecule has 1 atom stereocenters. The number of alkyl halides is 3. The van der Waals surface area contributed by atoms with Crippen LogP contribution in [0.2, 0.25) is 0 Å². The van der Waals surface area contributed by atoms with Crippen molar-refractivity contribution < 1.29 is 22.3 Å². The van der Waals surface area contributed by atoms with Crippen LogP contribution in [0.5, 0.6) is 5.75 Å². The smallest absolute Gasteiger partial charge is 0.391 e. The highest BCUT2D eigenvalue weighted by Crippen LogP contribution is 2.38. The molecule has 0 bridgehead atoms. The molecular weight excluding hydrogens is 552 g/mol. The number of piperazine rings is 1. The van der Waals surface area contributed by atoms with E-state index in [1.54, 1.807) is 30.3 Å². The maximum atomic E-state index is 14.4. The van der Waals surface area contributed by atoms with Crippen LogP contribution < -0.4 is 20.9 Å². The van der Waals surface area contributed by atoms with Gasteiger partial charge in [-0.1, -0.05) is 6.07 Å². The first-order valence-electron chi connectivity index (χ1n) is 14.3. The van der Waals surface area contributed by atoms with Crippen molar-refractivity contribution in [3.8, 4) is 5.75 Å². The summed E-state index contributed by atoms with van der Waals surface area (Å²) < 4.78 is 60.4. The number of hydrogen-bond donors (Lipinski definition) is 2. The van der Waals surface area contributed by atoms with Crippen molar-refractivity contribution in [1.29, 1.82) is 0 Å². The Bertz CT molecular complexity index is 1480. The van der Waals surface area contributed by atoms with Crippen LogP contribution in [-0.2, 0) is 13.0 Å². The Morgan fingerprint density at radius 2 is 1.95 bits per heavy atom. The first-order chi connectivity index (χ1) is 20.1. The highest BCUT2D eigenvalue weighted by Gasteiger charge is 2.41. The molecule has 2 heterocycles. The Hall–Kier alpha value is -3.67. The summed E-state index contributed by atoms with van der Waals surface area (Å²) in [5.74, 6) is -0.603. The number of methoxy groups -OCH3 is 1. The Morgan fingerprint density at radius 3 is 2.64 bits per heavy atom. The quantitative estimate of drug-likeness (QED) is 0.241. The van der Waals surface area contributed by atoms with Crippen LogP contribution in [-0.4, -0.2) is 65.4 Å². The van der Waals surface area contributed by atoms with Gasteiger partial charge >= 0.3 is 6.18 Å². The second kappa shape index (κ2) is 12.7. The van der Waals surface area contributed by atoms with Crippen molar-refractivity contribution in [1.82, 2.24) is 19.8 Å². The first kappa shape index (κ1) is 29.8. The molecule has 3 aromatic rings. The van der Waals surface area contributed by atoms with Gasteiger partial charge in [0.05, 0.1) is 36.3 Å². The van der Waals surface area contributed by atoms with Gasteiger partial charge in [-0.15, -0.1) is 0 Å². The van der Waals surface area contributed by atoms with Crippen molar-refractivity contribution in [2.75, 3.05) is 32.1 Å². The average Bonchev–Trinajstić information content (AvgIpc) is 2.97. The molecule has 226 valence electrons. The van der Waals surface area contributed by atoms with Crippen LogP contribution in [0.1, 0.15) is 38.2 Å². The molecule has 12 heteroatoms. The van der Waals surface area contributed by atoms with E-state index >= 15 is 0 Å². The number of rotatable bonds is 6. The summed E-state index contributed by atoms with van der Waals surface area (Å²) in [4.78, 5) is 24.7. The molecule has 8 nitrogen and oxygen atoms in total. The zero-order valence-electron chi connectivity index (χ0n) is 23.8. The number of ether oxygens (including phenoxy) is 1. The average molecular weight is 589 g/mol. The van der Waals surface area contributed by atoms with Gasteiger partial charge in [0, 0.05) is 44.0 Å². The molecule has 2 N–H and O–H groups in total. The SMILES string of the molecule is COc1ccc(CCn2cnc3cc(N/C(=N/C4CCC(C(F)(F)F)CC4)N4CCN[C@@H](C)C4)ccc3c2=O)c(F)c1. The Balaban J connectivity index is 1.33. The van der Waals surface area contributed by atoms with Crippen molar-refractivity contribution in [2.45, 2.75) is 63.8 Å². The zero-order chi connectivity index (χ0) is 29.9. The lowest BCUT2D eigenvalue weighted by Gasteiger charge is -2.36. The fourth-order valence-electron chi connectivity index (χ4n) is 5.65. The summed E-state index contributed by atoms with van der Waals surface area (Å²) in [6.45, 7) is 4.52. The molecule has 1 saturated heterocycles. The molecule has 0 amide bonds. The summed E-state index contributed by atoms with van der Waals surface area (Å²) in [5.41, 5.74) is 1.42. The second-order valence-corrected chi connectivity index (χ2v) is 11.1. The van der Waals surface area contributed by atoms with E-state index in [4.69, 9.17) is 9.73 Å². The van der Waals surface area contributed by atoms with E-state index in [-0.39, 0.29) is 37.0 Å². The van der Waals surface area contributed by atoms with Crippen LogP contribution in [0.4, 0.5) is 23.2 Å². The second-order valence-electron chi connectivity index (χ2n) is 11.1. The minimum atomic E-state index is -4.16. The van der Waals surface area contributed by atoms with Gasteiger partial charge in [-0.2, -0.15) is 13.2 Å². The molecule has 0 spiro atoms. The Kier molecular flexibility index (Phi) is 9.00. The first-order valence-corrected chi connectivity index (χ1v) is 14.3. The topological polar surface area (TPSA) is 83.8 Å². The Labute approximate surface area is 241 Å². The van der Waals surface area contributed by atoms with Gasteiger partial charge in [0.2, 0.25) is 0 Å². The number of aromatic nitrogens is 2. The fourth-order valence-corrected chi connectivity index (χ4v) is 5.65. The van der Waals surface area contributed by atoms with Crippen LogP contribution in [0.3, 0.4) is 0 Å². The molecule has 0 unspecified atom stereocenters. The molecule has 1 aromatic heterocycles. The third kappa shape index (κ3) is 7.03. The summed E-state index contributed by atoms with van der Waals surface area (Å²) in [7, 11) is 1.47. The number of halogens is 4. The van der Waals surface area contributed by atoms with Gasteiger partial charge in [-0.05, 0) is 68.9 Å². The van der Waals surface area contributed by atoms with Crippen LogP contribution in [0.25, 0.3) is 10.9 Å². The molecule has 1 aliphatic heterocycles. The van der Waals surface area contributed by atoms with Crippen molar-refractivity contribution in [3.05, 3.63) is 64.5 Å². The predicted octanol–water partition coefficient (Wildman–Crippen LogP) is 4.97. The van der Waals surface area contributed by atoms with Gasteiger partial charge in [-0.25, -0.2) is 14.4 Å². The Morgan fingerprint density at radius 1 is 1.17 bits per heavy atom. The minimum absolute atomic E-state index is 0.0835. The van der Waals surface area contributed by atoms with E-state index in [0.717, 1.165) is 6.54 Å². The van der Waals surface area contributed by atoms with E-state index in [2.05, 4.69) is 27.4 Å². The number of aliphatic imine (C=N–C) groups is 1. The highest BCUT2D eigenvalue weighted by molar-refractivity contribution is 5.96. The number of anilines is 1. The minimum Gasteiger partial charge on any atom is -0.497 e. The van der Waals surface area contributed by atoms with E-state index in [1.807, 2.05) is 0 Å². The van der Waals surface area contributed by atoms with Gasteiger partial charge < -0.3 is 20.3 Å². The summed E-state index contributed by atoms with van der Waals surface area (Å²) >= 11 is 0. The van der Waals surface area contributed by atoms with E-state index in [0.29, 0.717) is 66.2 Å². The van der Waals surface area contributed by atoms with Gasteiger partial charge in [0.25, 0.3) is 5.56 Å². The normalized spacial score (nSPS) is 21.9. The summed E-state index contributed by atoms with van der Waals surface area (Å²) in [6, 6.07) is 9.92. The number of guanidine groups is 1. The number of nitrogens with one attached hydrogen (secondary N) is 2. The maximum Gasteiger partial charge on any atom is 0.391 e. The van der Waals surface area contributed by atoms with Crippen molar-refractivity contribution >= 4 is 22.5 Å². The number of fused-ring (bicyclic) bond motifs is 1. The summed E-state index contributed by atoms with van der Waals surface area (Å²) in [5, 5.41) is 7.20. The summed E-state index contributed by atoms with van der Waals surface area (Å²) in [6.07, 6.45) is -1.45. The lowest BCUT2D eigenvalue weighted by atomic mass is 9.86. The standard InChI is InChI=1S/C30H36F4N6O2/c1-19-17-39(14-12-35-19)29(37-22-6-4-21(5-7-22)30(32,33)34)38-23-8-10-25-27(15-23)36-18-40(28(25)41)13-11-20-3-9-24(42-2)16-26(20)31/h3,8-10,15-16,18-19,21-22,35H,4-7,11-14,17H2,1-2H3,(H,37,38)/t19-,21?,22?/m0/s1. The molecule has 2 aromatic carbocycles. The van der Waals surface area contributed by atoms with Crippen molar-refractivity contribution in [3.63, 3.8) is 0 Å². The van der Waals surface area contributed by atoms with Gasteiger partial charge in [0.15, 0.2) is 5.96 Å². The molecule has 1 saturated carbocycles. The lowest BCUT2D eigenvalue weighted by molar-refractivity contribution is -0.182. The molecule has 1 aliphatic carbocycles. The monoisotopic (exact) mass is 588 g/mol. The maximum absolute atomic E-state index is 14.4. The molecule has 0 radical (unpaired) electrons. The molecule has 5 rings (SSSR count). The predicted molar refractivity (Wildman–Crippen MR) is 155 cm³/mol. The van der Waals surface area contributed by atoms with E-state index < -0.39 is 17.9 Å². The molecule has 2 aliphatic rings. The van der Waals surface area contributed by atoms with Gasteiger partial charge in [0.1, 0.15) is 11.6 Å².